The average Bonchev–Trinajstić information content (AvgIpc) is 2.46. The van der Waals surface area contributed by atoms with Crippen LogP contribution in [0.15, 0.2) is 18.2 Å². The first-order valence-electron chi connectivity index (χ1n) is 7.97. The first kappa shape index (κ1) is 16.3. The number of fused-ring (bicyclic) bond motifs is 2. The Bertz CT molecular complexity index is 579. The van der Waals surface area contributed by atoms with E-state index in [-0.39, 0.29) is 17.2 Å². The summed E-state index contributed by atoms with van der Waals surface area (Å²) in [5.41, 5.74) is -0.333. The Kier molecular flexibility index (Phi) is 4.62. The van der Waals surface area contributed by atoms with E-state index < -0.39 is 18.2 Å². The van der Waals surface area contributed by atoms with Crippen LogP contribution in [0.3, 0.4) is 0 Å². The highest BCUT2D eigenvalue weighted by Crippen LogP contribution is 2.38. The summed E-state index contributed by atoms with van der Waals surface area (Å²) in [6.45, 7) is -3.08. The number of hydrogen-bond donors (Lipinski definition) is 0. The maximum absolute atomic E-state index is 14.1. The summed E-state index contributed by atoms with van der Waals surface area (Å²) >= 11 is 0. The van der Waals surface area contributed by atoms with Crippen molar-refractivity contribution in [3.8, 4) is 5.75 Å². The van der Waals surface area contributed by atoms with Crippen molar-refractivity contribution in [2.45, 2.75) is 50.8 Å². The molecule has 2 bridgehead atoms. The van der Waals surface area contributed by atoms with Crippen LogP contribution in [0.25, 0.3) is 0 Å². The largest absolute Gasteiger partial charge is 0.434 e. The number of piperidine rings is 2. The molecule has 6 heteroatoms. The number of nitrogens with zero attached hydrogens (tertiary/aromatic N) is 1. The molecule has 3 nitrogen and oxygen atoms in total. The molecule has 2 aliphatic heterocycles. The lowest BCUT2D eigenvalue weighted by Gasteiger charge is -2.46. The van der Waals surface area contributed by atoms with Gasteiger partial charge in [0, 0.05) is 18.0 Å². The third-order valence-electron chi connectivity index (χ3n) is 5.15. The van der Waals surface area contributed by atoms with Gasteiger partial charge in [-0.2, -0.15) is 8.78 Å². The lowest BCUT2D eigenvalue weighted by Crippen LogP contribution is -2.51. The van der Waals surface area contributed by atoms with Crippen LogP contribution in [0, 0.1) is 11.7 Å². The van der Waals surface area contributed by atoms with Crippen LogP contribution in [0.4, 0.5) is 13.2 Å². The third kappa shape index (κ3) is 3.22. The van der Waals surface area contributed by atoms with Gasteiger partial charge in [0.15, 0.2) is 5.78 Å². The van der Waals surface area contributed by atoms with Gasteiger partial charge in [-0.15, -0.1) is 0 Å². The topological polar surface area (TPSA) is 29.5 Å². The van der Waals surface area contributed by atoms with Crippen molar-refractivity contribution in [3.63, 3.8) is 0 Å². The van der Waals surface area contributed by atoms with Crippen molar-refractivity contribution in [1.29, 1.82) is 0 Å². The van der Waals surface area contributed by atoms with E-state index in [9.17, 15) is 18.0 Å². The number of hydrogen-bond acceptors (Lipinski definition) is 3. The van der Waals surface area contributed by atoms with E-state index in [1.54, 1.807) is 0 Å². The number of carbonyl (C=O) groups excluding carboxylic acids is 1. The minimum atomic E-state index is -3.08. The lowest BCUT2D eigenvalue weighted by molar-refractivity contribution is -0.0504. The first-order valence-corrected chi connectivity index (χ1v) is 7.97. The van der Waals surface area contributed by atoms with Gasteiger partial charge in [-0.1, -0.05) is 12.5 Å². The molecular weight excluding hydrogens is 307 g/mol. The summed E-state index contributed by atoms with van der Waals surface area (Å²) in [5, 5.41) is 0. The van der Waals surface area contributed by atoms with Crippen molar-refractivity contribution < 1.29 is 22.7 Å². The molecule has 2 saturated heterocycles. The molecule has 2 heterocycles. The Labute approximate surface area is 133 Å². The number of rotatable bonds is 4. The van der Waals surface area contributed by atoms with Gasteiger partial charge in [0.2, 0.25) is 0 Å². The van der Waals surface area contributed by atoms with Crippen LogP contribution in [0.2, 0.25) is 0 Å². The number of benzene rings is 1. The van der Waals surface area contributed by atoms with Crippen molar-refractivity contribution >= 4 is 5.78 Å². The number of ketones is 1. The van der Waals surface area contributed by atoms with E-state index in [1.807, 2.05) is 0 Å². The van der Waals surface area contributed by atoms with Crippen LogP contribution in [-0.2, 0) is 0 Å². The van der Waals surface area contributed by atoms with Crippen LogP contribution >= 0.6 is 0 Å². The average molecular weight is 327 g/mol. The smallest absolute Gasteiger partial charge is 0.387 e. The number of ether oxygens (including phenoxy) is 1. The highest BCUT2D eigenvalue weighted by molar-refractivity contribution is 6.00. The molecule has 126 valence electrons. The molecule has 2 atom stereocenters. The van der Waals surface area contributed by atoms with Crippen molar-refractivity contribution in [1.82, 2.24) is 4.90 Å². The van der Waals surface area contributed by atoms with E-state index in [0.717, 1.165) is 25.3 Å². The summed E-state index contributed by atoms with van der Waals surface area (Å²) < 4.78 is 43.5. The highest BCUT2D eigenvalue weighted by Gasteiger charge is 2.40. The second-order valence-corrected chi connectivity index (χ2v) is 6.43. The SMILES string of the molecule is CN1C2CCCC1CC(C(=O)c1c(F)cccc1OC(F)F)C2. The normalized spacial score (nSPS) is 28.0. The summed E-state index contributed by atoms with van der Waals surface area (Å²) in [6, 6.07) is 4.22. The van der Waals surface area contributed by atoms with E-state index in [1.165, 1.54) is 12.1 Å². The van der Waals surface area contributed by atoms with Gasteiger partial charge < -0.3 is 9.64 Å². The lowest BCUT2D eigenvalue weighted by atomic mass is 9.76. The van der Waals surface area contributed by atoms with Gasteiger partial charge in [-0.3, -0.25) is 4.79 Å². The van der Waals surface area contributed by atoms with E-state index in [0.29, 0.717) is 24.9 Å². The highest BCUT2D eigenvalue weighted by atomic mass is 19.3. The third-order valence-corrected chi connectivity index (χ3v) is 5.15. The second kappa shape index (κ2) is 6.51. The fourth-order valence-corrected chi connectivity index (χ4v) is 3.97. The zero-order chi connectivity index (χ0) is 16.6. The molecule has 2 aliphatic rings. The van der Waals surface area contributed by atoms with E-state index in [4.69, 9.17) is 0 Å². The zero-order valence-corrected chi connectivity index (χ0v) is 13.0. The maximum Gasteiger partial charge on any atom is 0.387 e. The van der Waals surface area contributed by atoms with Gasteiger partial charge in [0.1, 0.15) is 11.6 Å². The van der Waals surface area contributed by atoms with Gasteiger partial charge in [0.05, 0.1) is 5.56 Å². The van der Waals surface area contributed by atoms with Crippen LogP contribution in [0.1, 0.15) is 42.5 Å². The fourth-order valence-electron chi connectivity index (χ4n) is 3.97. The van der Waals surface area contributed by atoms with Crippen molar-refractivity contribution in [3.05, 3.63) is 29.6 Å². The van der Waals surface area contributed by atoms with Gasteiger partial charge in [-0.25, -0.2) is 4.39 Å². The maximum atomic E-state index is 14.1. The molecule has 0 spiro atoms. The van der Waals surface area contributed by atoms with E-state index in [2.05, 4.69) is 16.7 Å². The molecule has 2 unspecified atom stereocenters. The molecular formula is C17H20F3NO2. The molecule has 3 rings (SSSR count). The molecule has 0 N–H and O–H groups in total. The van der Waals surface area contributed by atoms with Crippen LogP contribution < -0.4 is 4.74 Å². The summed E-state index contributed by atoms with van der Waals surface area (Å²) in [6.07, 6.45) is 4.48. The molecule has 23 heavy (non-hydrogen) atoms. The zero-order valence-electron chi connectivity index (χ0n) is 13.0. The molecule has 1 aromatic rings. The van der Waals surface area contributed by atoms with Gasteiger partial charge in [0.25, 0.3) is 0 Å². The Balaban J connectivity index is 1.86. The Hall–Kier alpha value is -1.56. The molecule has 0 aromatic heterocycles. The summed E-state index contributed by atoms with van der Waals surface area (Å²) in [7, 11) is 2.06. The minimum Gasteiger partial charge on any atom is -0.434 e. The predicted molar refractivity (Wildman–Crippen MR) is 79.3 cm³/mol. The number of Topliss-reactive ketones (excluding diaryl/α,β-unsaturated/α-hetero) is 1. The Morgan fingerprint density at radius 2 is 1.91 bits per heavy atom. The van der Waals surface area contributed by atoms with Gasteiger partial charge >= 0.3 is 6.61 Å². The molecule has 1 aromatic carbocycles. The second-order valence-electron chi connectivity index (χ2n) is 6.43. The van der Waals surface area contributed by atoms with Crippen LogP contribution in [0.5, 0.6) is 5.75 Å². The predicted octanol–water partition coefficient (Wildman–Crippen LogP) is 3.87. The summed E-state index contributed by atoms with van der Waals surface area (Å²) in [5.74, 6) is -1.91. The van der Waals surface area contributed by atoms with Crippen molar-refractivity contribution in [2.75, 3.05) is 7.05 Å². The monoisotopic (exact) mass is 327 g/mol. The molecule has 2 fully saturated rings. The first-order chi connectivity index (χ1) is 11.0. The fraction of sp³-hybridized carbons (Fsp3) is 0.588. The number of carbonyl (C=O) groups is 1. The van der Waals surface area contributed by atoms with Gasteiger partial charge in [-0.05, 0) is 44.9 Å². The standard InChI is InChI=1S/C17H20F3NO2/c1-21-11-4-2-5-12(21)9-10(8-11)16(22)15-13(18)6-3-7-14(15)23-17(19)20/h3,6-7,10-12,17H,2,4-5,8-9H2,1H3. The Morgan fingerprint density at radius 1 is 1.26 bits per heavy atom. The molecule has 0 saturated carbocycles. The molecule has 0 aliphatic carbocycles. The molecule has 0 amide bonds. The molecule has 0 radical (unpaired) electrons. The van der Waals surface area contributed by atoms with Crippen molar-refractivity contribution in [2.24, 2.45) is 5.92 Å². The Morgan fingerprint density at radius 3 is 2.52 bits per heavy atom. The van der Waals surface area contributed by atoms with E-state index >= 15 is 0 Å². The summed E-state index contributed by atoms with van der Waals surface area (Å²) in [4.78, 5) is 15.1. The quantitative estimate of drug-likeness (QED) is 0.786. The number of alkyl halides is 2. The minimum absolute atomic E-state index is 0.308. The van der Waals surface area contributed by atoms with Crippen LogP contribution in [-0.4, -0.2) is 36.4 Å². The number of halogens is 3.